The molecule has 0 spiro atoms. The second-order valence-electron chi connectivity index (χ2n) is 4.39. The van der Waals surface area contributed by atoms with Crippen LogP contribution < -0.4 is 0 Å². The Hall–Kier alpha value is -1.45. The minimum atomic E-state index is -0.465. The highest BCUT2D eigenvalue weighted by Gasteiger charge is 2.23. The van der Waals surface area contributed by atoms with Crippen molar-refractivity contribution in [3.05, 3.63) is 24.3 Å². The molecule has 4 heteroatoms. The summed E-state index contributed by atoms with van der Waals surface area (Å²) < 4.78 is 5.25. The van der Waals surface area contributed by atoms with Gasteiger partial charge in [0, 0.05) is 18.6 Å². The van der Waals surface area contributed by atoms with Gasteiger partial charge in [-0.25, -0.2) is 0 Å². The van der Waals surface area contributed by atoms with Crippen LogP contribution in [0.25, 0.3) is 0 Å². The lowest BCUT2D eigenvalue weighted by atomic mass is 10.1. The van der Waals surface area contributed by atoms with Crippen molar-refractivity contribution < 1.29 is 9.53 Å². The third-order valence-corrected chi connectivity index (χ3v) is 1.79. The molecule has 0 N–H and O–H groups in total. The van der Waals surface area contributed by atoms with Gasteiger partial charge in [0.1, 0.15) is 5.60 Å². The van der Waals surface area contributed by atoms with Crippen LogP contribution in [0, 0.1) is 0 Å². The highest BCUT2D eigenvalue weighted by Crippen LogP contribution is 2.17. The van der Waals surface area contributed by atoms with E-state index in [2.05, 4.69) is 9.97 Å². The van der Waals surface area contributed by atoms with Crippen LogP contribution in [-0.2, 0) is 9.53 Å². The van der Waals surface area contributed by atoms with Gasteiger partial charge in [-0.1, -0.05) is 0 Å². The third kappa shape index (κ3) is 3.65. The van der Waals surface area contributed by atoms with Crippen molar-refractivity contribution in [2.45, 2.75) is 39.2 Å². The molecule has 0 bridgehead atoms. The van der Waals surface area contributed by atoms with Gasteiger partial charge < -0.3 is 4.74 Å². The van der Waals surface area contributed by atoms with Crippen LogP contribution in [0.5, 0.6) is 0 Å². The molecule has 1 atom stereocenters. The minimum Gasteiger partial charge on any atom is -0.459 e. The number of aromatic nitrogens is 2. The van der Waals surface area contributed by atoms with Gasteiger partial charge in [0.2, 0.25) is 0 Å². The van der Waals surface area contributed by atoms with Gasteiger partial charge >= 0.3 is 5.97 Å². The molecule has 1 heterocycles. The molecule has 82 valence electrons. The van der Waals surface area contributed by atoms with Gasteiger partial charge in [0.15, 0.2) is 0 Å². The van der Waals surface area contributed by atoms with E-state index >= 15 is 0 Å². The van der Waals surface area contributed by atoms with Crippen LogP contribution in [0.1, 0.15) is 39.3 Å². The first kappa shape index (κ1) is 11.6. The number of carbonyl (C=O) groups is 1. The first-order chi connectivity index (χ1) is 6.90. The van der Waals surface area contributed by atoms with E-state index < -0.39 is 5.60 Å². The average molecular weight is 208 g/mol. The lowest BCUT2D eigenvalue weighted by Gasteiger charge is -2.21. The van der Waals surface area contributed by atoms with Crippen LogP contribution in [0.15, 0.2) is 18.6 Å². The number of ether oxygens (including phenoxy) is 1. The Morgan fingerprint density at radius 3 is 2.53 bits per heavy atom. The molecule has 0 aliphatic carbocycles. The Morgan fingerprint density at radius 1 is 1.40 bits per heavy atom. The molecule has 0 unspecified atom stereocenters. The van der Waals surface area contributed by atoms with Crippen molar-refractivity contribution in [2.75, 3.05) is 0 Å². The van der Waals surface area contributed by atoms with Crippen molar-refractivity contribution in [3.63, 3.8) is 0 Å². The lowest BCUT2D eigenvalue weighted by molar-refractivity contribution is -0.156. The van der Waals surface area contributed by atoms with E-state index in [1.807, 2.05) is 20.8 Å². The summed E-state index contributed by atoms with van der Waals surface area (Å²) in [4.78, 5) is 19.6. The molecule has 4 nitrogen and oxygen atoms in total. The molecule has 0 saturated carbocycles. The Labute approximate surface area is 89.7 Å². The number of esters is 1. The molecule has 1 rings (SSSR count). The van der Waals surface area contributed by atoms with E-state index in [1.165, 1.54) is 0 Å². The summed E-state index contributed by atoms with van der Waals surface area (Å²) in [5.74, 6) is -0.652. The Morgan fingerprint density at radius 2 is 2.07 bits per heavy atom. The Kier molecular flexibility index (Phi) is 3.39. The number of rotatable bonds is 2. The number of nitrogens with zero attached hydrogens (tertiary/aromatic N) is 2. The van der Waals surface area contributed by atoms with Gasteiger partial charge in [-0.2, -0.15) is 0 Å². The van der Waals surface area contributed by atoms with Crippen molar-refractivity contribution in [3.8, 4) is 0 Å². The van der Waals surface area contributed by atoms with Crippen molar-refractivity contribution in [1.29, 1.82) is 0 Å². The maximum absolute atomic E-state index is 11.7. The van der Waals surface area contributed by atoms with Crippen molar-refractivity contribution in [2.24, 2.45) is 0 Å². The van der Waals surface area contributed by atoms with Gasteiger partial charge in [-0.15, -0.1) is 0 Å². The van der Waals surface area contributed by atoms with E-state index in [1.54, 1.807) is 25.5 Å². The molecule has 0 fully saturated rings. The zero-order valence-corrected chi connectivity index (χ0v) is 9.52. The normalized spacial score (nSPS) is 13.3. The Balaban J connectivity index is 2.70. The lowest BCUT2D eigenvalue weighted by Crippen LogP contribution is -2.27. The molecule has 0 aromatic carbocycles. The maximum Gasteiger partial charge on any atom is 0.315 e. The fourth-order valence-corrected chi connectivity index (χ4v) is 1.05. The molecule has 0 amide bonds. The molecule has 0 radical (unpaired) electrons. The third-order valence-electron chi connectivity index (χ3n) is 1.79. The highest BCUT2D eigenvalue weighted by molar-refractivity contribution is 5.77. The van der Waals surface area contributed by atoms with Crippen molar-refractivity contribution >= 4 is 5.97 Å². The first-order valence-corrected chi connectivity index (χ1v) is 4.89. The summed E-state index contributed by atoms with van der Waals surface area (Å²) >= 11 is 0. The second-order valence-corrected chi connectivity index (χ2v) is 4.39. The summed E-state index contributed by atoms with van der Waals surface area (Å²) in [7, 11) is 0. The monoisotopic (exact) mass is 208 g/mol. The largest absolute Gasteiger partial charge is 0.459 e. The van der Waals surface area contributed by atoms with E-state index in [-0.39, 0.29) is 11.9 Å². The van der Waals surface area contributed by atoms with Crippen LogP contribution in [0.2, 0.25) is 0 Å². The number of hydrogen-bond acceptors (Lipinski definition) is 4. The van der Waals surface area contributed by atoms with Crippen LogP contribution >= 0.6 is 0 Å². The quantitative estimate of drug-likeness (QED) is 0.697. The summed E-state index contributed by atoms with van der Waals surface area (Å²) in [5, 5.41) is 0. The van der Waals surface area contributed by atoms with E-state index in [0.717, 1.165) is 0 Å². The molecular formula is C11H16N2O2. The van der Waals surface area contributed by atoms with Gasteiger partial charge in [-0.05, 0) is 27.7 Å². The molecule has 1 aromatic rings. The zero-order chi connectivity index (χ0) is 11.5. The van der Waals surface area contributed by atoms with E-state index in [4.69, 9.17) is 4.74 Å². The van der Waals surface area contributed by atoms with Crippen LogP contribution in [-0.4, -0.2) is 21.5 Å². The fourth-order valence-electron chi connectivity index (χ4n) is 1.05. The first-order valence-electron chi connectivity index (χ1n) is 4.89. The summed E-state index contributed by atoms with van der Waals surface area (Å²) in [6.07, 6.45) is 4.72. The van der Waals surface area contributed by atoms with Crippen LogP contribution in [0.4, 0.5) is 0 Å². The predicted octanol–water partition coefficient (Wildman–Crippen LogP) is 1.92. The smallest absolute Gasteiger partial charge is 0.315 e. The number of carbonyl (C=O) groups excluding carboxylic acids is 1. The fraction of sp³-hybridized carbons (Fsp3) is 0.545. The topological polar surface area (TPSA) is 52.1 Å². The van der Waals surface area contributed by atoms with Gasteiger partial charge in [0.05, 0.1) is 11.6 Å². The predicted molar refractivity (Wildman–Crippen MR) is 56.3 cm³/mol. The molecular weight excluding hydrogens is 192 g/mol. The van der Waals surface area contributed by atoms with Crippen molar-refractivity contribution in [1.82, 2.24) is 9.97 Å². The van der Waals surface area contributed by atoms with Gasteiger partial charge in [-0.3, -0.25) is 14.8 Å². The zero-order valence-electron chi connectivity index (χ0n) is 9.52. The number of hydrogen-bond donors (Lipinski definition) is 0. The van der Waals surface area contributed by atoms with E-state index in [0.29, 0.717) is 5.69 Å². The molecule has 1 aromatic heterocycles. The standard InChI is InChI=1S/C11H16N2O2/c1-8(9-7-12-5-6-13-9)10(14)15-11(2,3)4/h5-8H,1-4H3/t8-/m0/s1. The summed E-state index contributed by atoms with van der Waals surface area (Å²) in [6.45, 7) is 7.29. The maximum atomic E-state index is 11.7. The second kappa shape index (κ2) is 4.38. The molecule has 0 aliphatic rings. The summed E-state index contributed by atoms with van der Waals surface area (Å²) in [6, 6.07) is 0. The van der Waals surface area contributed by atoms with Crippen LogP contribution in [0.3, 0.4) is 0 Å². The molecule has 15 heavy (non-hydrogen) atoms. The van der Waals surface area contributed by atoms with Gasteiger partial charge in [0.25, 0.3) is 0 Å². The molecule has 0 aliphatic heterocycles. The highest BCUT2D eigenvalue weighted by atomic mass is 16.6. The average Bonchev–Trinajstić information content (AvgIpc) is 2.15. The minimum absolute atomic E-state index is 0.275. The molecule has 0 saturated heterocycles. The summed E-state index contributed by atoms with van der Waals surface area (Å²) in [5.41, 5.74) is 0.167. The Bertz CT molecular complexity index is 330. The van der Waals surface area contributed by atoms with E-state index in [9.17, 15) is 4.79 Å². The SMILES string of the molecule is C[C@H](C(=O)OC(C)(C)C)c1cnccn1.